The maximum absolute atomic E-state index is 3.80. The van der Waals surface area contributed by atoms with Gasteiger partial charge in [0.25, 0.3) is 0 Å². The molecule has 1 fully saturated rings. The molecular weight excluding hydrogens is 232 g/mol. The van der Waals surface area contributed by atoms with Gasteiger partial charge in [-0.1, -0.05) is 56.0 Å². The molecule has 0 saturated heterocycles. The van der Waals surface area contributed by atoms with E-state index in [0.29, 0.717) is 6.04 Å². The van der Waals surface area contributed by atoms with E-state index in [0.717, 1.165) is 12.6 Å². The highest BCUT2D eigenvalue weighted by Gasteiger charge is 2.17. The Morgan fingerprint density at radius 2 is 1.68 bits per heavy atom. The van der Waals surface area contributed by atoms with Gasteiger partial charge in [-0.3, -0.25) is 0 Å². The van der Waals surface area contributed by atoms with Crippen LogP contribution in [-0.4, -0.2) is 31.6 Å². The van der Waals surface area contributed by atoms with Crippen LogP contribution in [0.5, 0.6) is 0 Å². The van der Waals surface area contributed by atoms with Crippen molar-refractivity contribution >= 4 is 0 Å². The molecule has 0 aliphatic heterocycles. The molecule has 1 aliphatic rings. The highest BCUT2D eigenvalue weighted by molar-refractivity contribution is 5.19. The van der Waals surface area contributed by atoms with E-state index in [9.17, 15) is 0 Å². The summed E-state index contributed by atoms with van der Waals surface area (Å²) in [5, 5.41) is 3.80. The minimum atomic E-state index is 0.476. The number of likely N-dealkylation sites (N-methyl/N-ethyl adjacent to an activating group) is 1. The summed E-state index contributed by atoms with van der Waals surface area (Å²) in [6, 6.07) is 12.0. The lowest BCUT2D eigenvalue weighted by molar-refractivity contribution is 0.274. The summed E-state index contributed by atoms with van der Waals surface area (Å²) in [5.74, 6) is 0. The first-order valence-electron chi connectivity index (χ1n) is 7.72. The van der Waals surface area contributed by atoms with Crippen molar-refractivity contribution in [1.82, 2.24) is 10.2 Å². The molecule has 2 nitrogen and oxygen atoms in total. The largest absolute Gasteiger partial charge is 0.312 e. The fraction of sp³-hybridized carbons (Fsp3) is 0.647. The second kappa shape index (κ2) is 7.66. The number of nitrogens with one attached hydrogen (secondary N) is 1. The fourth-order valence-corrected chi connectivity index (χ4v) is 3.04. The molecule has 19 heavy (non-hydrogen) atoms. The minimum absolute atomic E-state index is 0.476. The fourth-order valence-electron chi connectivity index (χ4n) is 3.04. The third kappa shape index (κ3) is 4.63. The Morgan fingerprint density at radius 1 is 1.05 bits per heavy atom. The summed E-state index contributed by atoms with van der Waals surface area (Å²) < 4.78 is 0. The molecule has 0 amide bonds. The van der Waals surface area contributed by atoms with E-state index in [-0.39, 0.29) is 0 Å². The van der Waals surface area contributed by atoms with E-state index in [4.69, 9.17) is 0 Å². The molecule has 0 heterocycles. The first kappa shape index (κ1) is 14.5. The average Bonchev–Trinajstić information content (AvgIpc) is 2.68. The molecule has 1 aliphatic carbocycles. The van der Waals surface area contributed by atoms with Crippen LogP contribution in [0.1, 0.15) is 50.1 Å². The highest BCUT2D eigenvalue weighted by atomic mass is 15.1. The van der Waals surface area contributed by atoms with Gasteiger partial charge in [-0.15, -0.1) is 0 Å². The van der Waals surface area contributed by atoms with Crippen LogP contribution in [0.25, 0.3) is 0 Å². The van der Waals surface area contributed by atoms with Crippen LogP contribution < -0.4 is 5.32 Å². The molecule has 1 N–H and O–H groups in total. The van der Waals surface area contributed by atoms with E-state index >= 15 is 0 Å². The van der Waals surface area contributed by atoms with Gasteiger partial charge in [-0.25, -0.2) is 0 Å². The molecule has 0 bridgehead atoms. The summed E-state index contributed by atoms with van der Waals surface area (Å²) in [4.78, 5) is 2.32. The quantitative estimate of drug-likeness (QED) is 0.814. The monoisotopic (exact) mass is 260 g/mol. The molecule has 1 aromatic rings. The van der Waals surface area contributed by atoms with Gasteiger partial charge in [-0.2, -0.15) is 0 Å². The van der Waals surface area contributed by atoms with Crippen LogP contribution in [-0.2, 0) is 0 Å². The Morgan fingerprint density at radius 3 is 2.26 bits per heavy atom. The van der Waals surface area contributed by atoms with Crippen LogP contribution >= 0.6 is 0 Å². The third-order valence-corrected chi connectivity index (χ3v) is 4.26. The summed E-state index contributed by atoms with van der Waals surface area (Å²) in [5.41, 5.74) is 1.41. The summed E-state index contributed by atoms with van der Waals surface area (Å²) >= 11 is 0. The Bertz CT molecular complexity index is 340. The van der Waals surface area contributed by atoms with E-state index in [2.05, 4.69) is 54.6 Å². The molecule has 0 radical (unpaired) electrons. The molecule has 1 atom stereocenters. The van der Waals surface area contributed by atoms with Gasteiger partial charge >= 0.3 is 0 Å². The highest BCUT2D eigenvalue weighted by Crippen LogP contribution is 2.20. The van der Waals surface area contributed by atoms with Crippen molar-refractivity contribution in [2.24, 2.45) is 0 Å². The molecule has 2 heteroatoms. The van der Waals surface area contributed by atoms with E-state index in [1.54, 1.807) is 0 Å². The van der Waals surface area contributed by atoms with Crippen molar-refractivity contribution in [3.8, 4) is 0 Å². The van der Waals surface area contributed by atoms with E-state index < -0.39 is 0 Å². The van der Waals surface area contributed by atoms with Gasteiger partial charge < -0.3 is 10.2 Å². The van der Waals surface area contributed by atoms with Crippen molar-refractivity contribution < 1.29 is 0 Å². The molecule has 2 rings (SSSR count). The van der Waals surface area contributed by atoms with Crippen molar-refractivity contribution in [2.45, 2.75) is 50.6 Å². The summed E-state index contributed by atoms with van der Waals surface area (Å²) in [6.07, 6.45) is 8.36. The maximum Gasteiger partial charge on any atom is 0.0466 e. The van der Waals surface area contributed by atoms with Crippen LogP contribution in [0.3, 0.4) is 0 Å². The Hall–Kier alpha value is -0.860. The van der Waals surface area contributed by atoms with Gasteiger partial charge in [0.15, 0.2) is 0 Å². The lowest BCUT2D eigenvalue weighted by Gasteiger charge is -2.27. The molecule has 0 spiro atoms. The molecule has 106 valence electrons. The number of rotatable bonds is 5. The zero-order valence-electron chi connectivity index (χ0n) is 12.4. The average molecular weight is 260 g/mol. The summed E-state index contributed by atoms with van der Waals surface area (Å²) in [7, 11) is 4.35. The molecule has 1 aromatic carbocycles. The van der Waals surface area contributed by atoms with Crippen LogP contribution in [0.2, 0.25) is 0 Å². The predicted molar refractivity (Wildman–Crippen MR) is 82.4 cm³/mol. The lowest BCUT2D eigenvalue weighted by Crippen LogP contribution is -2.36. The minimum Gasteiger partial charge on any atom is -0.312 e. The van der Waals surface area contributed by atoms with Gasteiger partial charge in [0.1, 0.15) is 0 Å². The summed E-state index contributed by atoms with van der Waals surface area (Å²) in [6.45, 7) is 1.06. The van der Waals surface area contributed by atoms with Gasteiger partial charge in [0.2, 0.25) is 0 Å². The second-order valence-corrected chi connectivity index (χ2v) is 5.99. The number of benzene rings is 1. The smallest absolute Gasteiger partial charge is 0.0466 e. The zero-order chi connectivity index (χ0) is 13.5. The standard InChI is InChI=1S/C17H28N2/c1-19(2)17(15-10-6-5-7-11-15)14-18-16-12-8-3-4-9-13-16/h5-7,10-11,16-18H,3-4,8-9,12-14H2,1-2H3. The van der Waals surface area contributed by atoms with Gasteiger partial charge in [-0.05, 0) is 32.5 Å². The van der Waals surface area contributed by atoms with Gasteiger partial charge in [0, 0.05) is 18.6 Å². The first-order valence-corrected chi connectivity index (χ1v) is 7.72. The predicted octanol–water partition coefficient (Wildman–Crippen LogP) is 3.60. The first-order chi connectivity index (χ1) is 9.27. The van der Waals surface area contributed by atoms with E-state index in [1.165, 1.54) is 44.1 Å². The van der Waals surface area contributed by atoms with Crippen LogP contribution in [0, 0.1) is 0 Å². The Balaban J connectivity index is 1.90. The van der Waals surface area contributed by atoms with Crippen molar-refractivity contribution in [3.63, 3.8) is 0 Å². The SMILES string of the molecule is CN(C)C(CNC1CCCCCC1)c1ccccc1. The number of hydrogen-bond donors (Lipinski definition) is 1. The van der Waals surface area contributed by atoms with Crippen LogP contribution in [0.15, 0.2) is 30.3 Å². The van der Waals surface area contributed by atoms with E-state index in [1.807, 2.05) is 0 Å². The van der Waals surface area contributed by atoms with Crippen LogP contribution in [0.4, 0.5) is 0 Å². The molecule has 0 aromatic heterocycles. The molecule has 1 unspecified atom stereocenters. The topological polar surface area (TPSA) is 15.3 Å². The maximum atomic E-state index is 3.80. The third-order valence-electron chi connectivity index (χ3n) is 4.26. The number of hydrogen-bond acceptors (Lipinski definition) is 2. The Kier molecular flexibility index (Phi) is 5.87. The number of nitrogens with zero attached hydrogens (tertiary/aromatic N) is 1. The second-order valence-electron chi connectivity index (χ2n) is 5.99. The molecule has 1 saturated carbocycles. The lowest BCUT2D eigenvalue weighted by atomic mass is 10.0. The van der Waals surface area contributed by atoms with Gasteiger partial charge in [0.05, 0.1) is 0 Å². The normalized spacial score (nSPS) is 19.3. The zero-order valence-corrected chi connectivity index (χ0v) is 12.4. The van der Waals surface area contributed by atoms with Crippen molar-refractivity contribution in [3.05, 3.63) is 35.9 Å². The van der Waals surface area contributed by atoms with Crippen molar-refractivity contribution in [1.29, 1.82) is 0 Å². The molecular formula is C17H28N2. The Labute approximate surface area is 118 Å². The van der Waals surface area contributed by atoms with Crippen molar-refractivity contribution in [2.75, 3.05) is 20.6 Å².